The fraction of sp³-hybridized carbons (Fsp3) is 0.217. The van der Waals surface area contributed by atoms with Crippen molar-refractivity contribution in [3.63, 3.8) is 0 Å². The molecule has 1 saturated carbocycles. The van der Waals surface area contributed by atoms with Crippen LogP contribution in [0.3, 0.4) is 0 Å². The van der Waals surface area contributed by atoms with Crippen molar-refractivity contribution in [2.45, 2.75) is 19.3 Å². The van der Waals surface area contributed by atoms with Crippen molar-refractivity contribution < 1.29 is 5.11 Å². The maximum absolute atomic E-state index is 10.4. The van der Waals surface area contributed by atoms with Gasteiger partial charge in [0.2, 0.25) is 0 Å². The topological polar surface area (TPSA) is 20.2 Å². The molecule has 2 atom stereocenters. The number of hydrogen-bond donors (Lipinski definition) is 1. The Kier molecular flexibility index (Phi) is 3.02. The van der Waals surface area contributed by atoms with Gasteiger partial charge in [0, 0.05) is 5.56 Å². The summed E-state index contributed by atoms with van der Waals surface area (Å²) in [4.78, 5) is 0. The van der Waals surface area contributed by atoms with Crippen molar-refractivity contribution in [1.82, 2.24) is 0 Å². The van der Waals surface area contributed by atoms with Crippen molar-refractivity contribution >= 4 is 16.3 Å². The second kappa shape index (κ2) is 5.24. The largest absolute Gasteiger partial charge is 0.507 e. The lowest BCUT2D eigenvalue weighted by atomic mass is 9.84. The van der Waals surface area contributed by atoms with Gasteiger partial charge < -0.3 is 5.11 Å². The number of hydrogen-bond acceptors (Lipinski definition) is 1. The molecule has 3 aromatic rings. The van der Waals surface area contributed by atoms with Gasteiger partial charge in [-0.3, -0.25) is 0 Å². The zero-order valence-corrected chi connectivity index (χ0v) is 13.6. The van der Waals surface area contributed by atoms with Gasteiger partial charge >= 0.3 is 0 Å². The fourth-order valence-corrected chi connectivity index (χ4v) is 4.64. The Morgan fingerprint density at radius 2 is 1.62 bits per heavy atom. The van der Waals surface area contributed by atoms with Crippen LogP contribution in [0.4, 0.5) is 0 Å². The average molecular weight is 312 g/mol. The summed E-state index contributed by atoms with van der Waals surface area (Å²) >= 11 is 0. The van der Waals surface area contributed by atoms with E-state index in [1.165, 1.54) is 41.2 Å². The number of phenols is 1. The van der Waals surface area contributed by atoms with Crippen LogP contribution in [0.25, 0.3) is 27.5 Å². The summed E-state index contributed by atoms with van der Waals surface area (Å²) in [5.74, 6) is 1.80. The summed E-state index contributed by atoms with van der Waals surface area (Å²) in [6.45, 7) is 0. The highest BCUT2D eigenvalue weighted by Gasteiger charge is 2.34. The zero-order chi connectivity index (χ0) is 16.1. The first kappa shape index (κ1) is 13.9. The van der Waals surface area contributed by atoms with E-state index < -0.39 is 0 Å². The van der Waals surface area contributed by atoms with Crippen LogP contribution in [-0.4, -0.2) is 5.11 Å². The smallest absolute Gasteiger partial charge is 0.123 e. The number of fused-ring (bicyclic) bond motifs is 3. The minimum absolute atomic E-state index is 0.359. The summed E-state index contributed by atoms with van der Waals surface area (Å²) < 4.78 is 0. The lowest BCUT2D eigenvalue weighted by Gasteiger charge is -2.20. The van der Waals surface area contributed by atoms with Crippen LogP contribution in [-0.2, 0) is 0 Å². The van der Waals surface area contributed by atoms with Gasteiger partial charge in [0.25, 0.3) is 0 Å². The van der Waals surface area contributed by atoms with E-state index in [4.69, 9.17) is 0 Å². The monoisotopic (exact) mass is 312 g/mol. The van der Waals surface area contributed by atoms with E-state index in [1.807, 2.05) is 18.2 Å². The van der Waals surface area contributed by atoms with Crippen LogP contribution in [0.2, 0.25) is 0 Å². The maximum atomic E-state index is 10.4. The molecule has 5 rings (SSSR count). The lowest BCUT2D eigenvalue weighted by molar-refractivity contribution is 0.477. The molecule has 0 saturated heterocycles. The summed E-state index contributed by atoms with van der Waals surface area (Å²) in [7, 11) is 0. The number of allylic oxidation sites excluding steroid dienone is 2. The van der Waals surface area contributed by atoms with Gasteiger partial charge in [0.15, 0.2) is 0 Å². The minimum Gasteiger partial charge on any atom is -0.507 e. The lowest BCUT2D eigenvalue weighted by Crippen LogP contribution is -2.00. The Bertz CT molecular complexity index is 967. The minimum atomic E-state index is 0.359. The number of phenolic OH excluding ortho intramolecular Hbond substituents is 1. The molecule has 0 amide bonds. The molecule has 1 heteroatoms. The number of benzene rings is 3. The Hall–Kier alpha value is -2.54. The molecule has 0 radical (unpaired) electrons. The Morgan fingerprint density at radius 1 is 0.792 bits per heavy atom. The van der Waals surface area contributed by atoms with Gasteiger partial charge in [0.05, 0.1) is 0 Å². The molecule has 0 spiro atoms. The van der Waals surface area contributed by atoms with Crippen molar-refractivity contribution in [2.24, 2.45) is 11.8 Å². The Balaban J connectivity index is 1.84. The van der Waals surface area contributed by atoms with Crippen LogP contribution in [0, 0.1) is 11.8 Å². The first-order valence-corrected chi connectivity index (χ1v) is 8.83. The third-order valence-electron chi connectivity index (χ3n) is 5.74. The van der Waals surface area contributed by atoms with E-state index in [9.17, 15) is 5.11 Å². The van der Waals surface area contributed by atoms with Gasteiger partial charge in [-0.05, 0) is 64.6 Å². The average Bonchev–Trinajstić information content (AvgIpc) is 3.24. The molecular weight excluding hydrogens is 292 g/mol. The van der Waals surface area contributed by atoms with Crippen LogP contribution in [0.5, 0.6) is 5.75 Å². The van der Waals surface area contributed by atoms with Crippen LogP contribution in [0.15, 0.2) is 66.7 Å². The van der Waals surface area contributed by atoms with E-state index in [0.29, 0.717) is 11.7 Å². The third-order valence-corrected chi connectivity index (χ3v) is 5.74. The molecule has 1 N–H and O–H groups in total. The summed E-state index contributed by atoms with van der Waals surface area (Å²) in [5, 5.41) is 13.0. The van der Waals surface area contributed by atoms with Gasteiger partial charge in [-0.2, -0.15) is 0 Å². The van der Waals surface area contributed by atoms with Crippen LogP contribution >= 0.6 is 0 Å². The highest BCUT2D eigenvalue weighted by molar-refractivity contribution is 6.02. The van der Waals surface area contributed by atoms with Crippen molar-refractivity contribution in [3.05, 3.63) is 72.3 Å². The Labute approximate surface area is 142 Å². The standard InChI is InChI=1S/C23H20O/c24-22-8-4-3-7-19(22)20-12-11-16-5-1-2-6-18(16)23(20)21-14-15-9-10-17(21)13-15/h1-8,11-12,14-15,17,24H,9-10,13H2. The zero-order valence-electron chi connectivity index (χ0n) is 13.6. The molecule has 0 aromatic heterocycles. The molecule has 0 heterocycles. The van der Waals surface area contributed by atoms with Gasteiger partial charge in [-0.15, -0.1) is 0 Å². The second-order valence-electron chi connectivity index (χ2n) is 7.12. The molecule has 0 aliphatic heterocycles. The molecular formula is C23H20O. The van der Waals surface area contributed by atoms with Crippen LogP contribution in [0.1, 0.15) is 24.8 Å². The van der Waals surface area contributed by atoms with Crippen molar-refractivity contribution in [1.29, 1.82) is 0 Å². The van der Waals surface area contributed by atoms with E-state index in [-0.39, 0.29) is 0 Å². The molecule has 118 valence electrons. The fourth-order valence-electron chi connectivity index (χ4n) is 4.64. The van der Waals surface area contributed by atoms with Gasteiger partial charge in [-0.1, -0.05) is 60.7 Å². The Morgan fingerprint density at radius 3 is 2.42 bits per heavy atom. The summed E-state index contributed by atoms with van der Waals surface area (Å²) in [5.41, 5.74) is 4.93. The second-order valence-corrected chi connectivity index (χ2v) is 7.12. The molecule has 2 aliphatic rings. The van der Waals surface area contributed by atoms with Crippen molar-refractivity contribution in [2.75, 3.05) is 0 Å². The quantitative estimate of drug-likeness (QED) is 0.613. The third kappa shape index (κ3) is 2.01. The number of para-hydroxylation sites is 1. The van der Waals surface area contributed by atoms with E-state index in [2.05, 4.69) is 42.5 Å². The normalized spacial score (nSPS) is 22.1. The highest BCUT2D eigenvalue weighted by Crippen LogP contribution is 2.51. The molecule has 2 aliphatic carbocycles. The van der Waals surface area contributed by atoms with Crippen LogP contribution < -0.4 is 0 Å². The molecule has 3 aromatic carbocycles. The molecule has 2 bridgehead atoms. The number of aromatic hydroxyl groups is 1. The highest BCUT2D eigenvalue weighted by atomic mass is 16.3. The first-order chi connectivity index (χ1) is 11.8. The molecule has 1 nitrogen and oxygen atoms in total. The predicted octanol–water partition coefficient (Wildman–Crippen LogP) is 6.03. The molecule has 1 fully saturated rings. The van der Waals surface area contributed by atoms with E-state index in [1.54, 1.807) is 6.07 Å². The predicted molar refractivity (Wildman–Crippen MR) is 99.9 cm³/mol. The van der Waals surface area contributed by atoms with E-state index in [0.717, 1.165) is 17.0 Å². The van der Waals surface area contributed by atoms with Gasteiger partial charge in [0.1, 0.15) is 5.75 Å². The van der Waals surface area contributed by atoms with Crippen molar-refractivity contribution in [3.8, 4) is 16.9 Å². The first-order valence-electron chi connectivity index (χ1n) is 8.83. The summed E-state index contributed by atoms with van der Waals surface area (Å²) in [6, 6.07) is 20.7. The maximum Gasteiger partial charge on any atom is 0.123 e. The van der Waals surface area contributed by atoms with E-state index >= 15 is 0 Å². The molecule has 24 heavy (non-hydrogen) atoms. The summed E-state index contributed by atoms with van der Waals surface area (Å²) in [6.07, 6.45) is 6.45. The SMILES string of the molecule is Oc1ccccc1-c1ccc2ccccc2c1C1=CC2CCC1C2. The number of rotatable bonds is 2. The molecule has 2 unspecified atom stereocenters. The van der Waals surface area contributed by atoms with Gasteiger partial charge in [-0.25, -0.2) is 0 Å².